The van der Waals surface area contributed by atoms with Gasteiger partial charge in [0.05, 0.1) is 7.11 Å². The Morgan fingerprint density at radius 2 is 2.04 bits per heavy atom. The summed E-state index contributed by atoms with van der Waals surface area (Å²) in [5, 5.41) is 5.96. The minimum atomic E-state index is -0.0951. The normalized spacial score (nSPS) is 21.1. The summed E-state index contributed by atoms with van der Waals surface area (Å²) in [4.78, 5) is 27.1. The summed E-state index contributed by atoms with van der Waals surface area (Å²) in [7, 11) is 1.62. The average Bonchev–Trinajstić information content (AvgIpc) is 3.19. The number of hydrogen-bond donors (Lipinski definition) is 2. The fourth-order valence-electron chi connectivity index (χ4n) is 4.14. The molecule has 1 saturated carbocycles. The number of nitrogens with zero attached hydrogens (tertiary/aromatic N) is 1. The average molecular weight is 379 g/mol. The van der Waals surface area contributed by atoms with Crippen LogP contribution in [0.15, 0.2) is 42.5 Å². The number of carbonyl (C=O) groups excluding carboxylic acids is 2. The minimum Gasteiger partial charge on any atom is -0.496 e. The molecule has 2 aromatic rings. The lowest BCUT2D eigenvalue weighted by atomic mass is 10.1. The van der Waals surface area contributed by atoms with Gasteiger partial charge in [0, 0.05) is 35.9 Å². The van der Waals surface area contributed by atoms with E-state index in [1.54, 1.807) is 7.11 Å². The summed E-state index contributed by atoms with van der Waals surface area (Å²) in [6.45, 7) is 2.56. The monoisotopic (exact) mass is 379 g/mol. The molecule has 1 fully saturated rings. The molecule has 0 unspecified atom stereocenters. The minimum absolute atomic E-state index is 0.00576. The van der Waals surface area contributed by atoms with Crippen LogP contribution in [0, 0.1) is 12.8 Å². The van der Waals surface area contributed by atoms with Crippen LogP contribution < -0.4 is 15.4 Å². The highest BCUT2D eigenvalue weighted by atomic mass is 16.5. The summed E-state index contributed by atoms with van der Waals surface area (Å²) < 4.78 is 5.33. The van der Waals surface area contributed by atoms with E-state index in [4.69, 9.17) is 4.74 Å². The third-order valence-electron chi connectivity index (χ3n) is 5.75. The predicted octanol–water partition coefficient (Wildman–Crippen LogP) is 4.16. The zero-order chi connectivity index (χ0) is 19.7. The first-order chi connectivity index (χ1) is 13.5. The molecule has 2 aliphatic rings. The van der Waals surface area contributed by atoms with Crippen molar-refractivity contribution in [2.45, 2.75) is 38.8 Å². The number of aryl methyl sites for hydroxylation is 1. The predicted molar refractivity (Wildman–Crippen MR) is 108 cm³/mol. The van der Waals surface area contributed by atoms with Gasteiger partial charge in [0.1, 0.15) is 5.75 Å². The summed E-state index contributed by atoms with van der Waals surface area (Å²) in [6.07, 6.45) is 2.31. The standard InChI is InChI=1S/C22H25N3O3/c1-14-7-9-17(12-20(14)28-2)23-21(26)15-8-10-18(11-15)25-13-16-5-3-4-6-19(16)24-22(25)27/h3-7,9,12,15,18H,8,10-11,13H2,1-2H3,(H,23,26)(H,24,27)/t15-,18+/m1/s1. The lowest BCUT2D eigenvalue weighted by molar-refractivity contribution is -0.119. The number of methoxy groups -OCH3 is 1. The van der Waals surface area contributed by atoms with Crippen LogP contribution in [-0.4, -0.2) is 30.0 Å². The molecule has 0 aromatic heterocycles. The molecule has 1 heterocycles. The van der Waals surface area contributed by atoms with Gasteiger partial charge in [0.2, 0.25) is 5.91 Å². The fraction of sp³-hybridized carbons (Fsp3) is 0.364. The Bertz CT molecular complexity index is 912. The Morgan fingerprint density at radius 1 is 1.21 bits per heavy atom. The lowest BCUT2D eigenvalue weighted by Gasteiger charge is -2.34. The van der Waals surface area contributed by atoms with Crippen molar-refractivity contribution in [1.29, 1.82) is 0 Å². The van der Waals surface area contributed by atoms with Gasteiger partial charge in [-0.2, -0.15) is 0 Å². The van der Waals surface area contributed by atoms with E-state index in [-0.39, 0.29) is 23.9 Å². The van der Waals surface area contributed by atoms with Gasteiger partial charge < -0.3 is 20.3 Å². The maximum absolute atomic E-state index is 12.7. The molecular weight excluding hydrogens is 354 g/mol. The van der Waals surface area contributed by atoms with Crippen LogP contribution in [0.25, 0.3) is 0 Å². The highest BCUT2D eigenvalue weighted by Crippen LogP contribution is 2.34. The van der Waals surface area contributed by atoms with Crippen molar-refractivity contribution in [3.8, 4) is 5.75 Å². The second-order valence-corrected chi connectivity index (χ2v) is 7.55. The number of nitrogens with one attached hydrogen (secondary N) is 2. The van der Waals surface area contributed by atoms with Crippen LogP contribution in [-0.2, 0) is 11.3 Å². The number of anilines is 2. The number of amides is 3. The molecule has 28 heavy (non-hydrogen) atoms. The van der Waals surface area contributed by atoms with Crippen molar-refractivity contribution >= 4 is 23.3 Å². The Balaban J connectivity index is 1.40. The molecule has 1 aliphatic heterocycles. The molecule has 0 saturated heterocycles. The number of hydrogen-bond acceptors (Lipinski definition) is 3. The summed E-state index contributed by atoms with van der Waals surface area (Å²) in [5.74, 6) is 0.666. The maximum atomic E-state index is 12.7. The van der Waals surface area contributed by atoms with E-state index < -0.39 is 0 Å². The molecule has 0 radical (unpaired) electrons. The van der Waals surface area contributed by atoms with Gasteiger partial charge >= 0.3 is 6.03 Å². The van der Waals surface area contributed by atoms with E-state index >= 15 is 0 Å². The van der Waals surface area contributed by atoms with Crippen molar-refractivity contribution in [2.24, 2.45) is 5.92 Å². The van der Waals surface area contributed by atoms with Gasteiger partial charge in [-0.3, -0.25) is 4.79 Å². The summed E-state index contributed by atoms with van der Waals surface area (Å²) in [6, 6.07) is 13.5. The molecule has 6 nitrogen and oxygen atoms in total. The Hall–Kier alpha value is -3.02. The molecule has 0 spiro atoms. The molecule has 1 aliphatic carbocycles. The highest BCUT2D eigenvalue weighted by Gasteiger charge is 2.37. The molecule has 4 rings (SSSR count). The maximum Gasteiger partial charge on any atom is 0.322 e. The van der Waals surface area contributed by atoms with Crippen molar-refractivity contribution < 1.29 is 14.3 Å². The molecule has 3 amide bonds. The zero-order valence-electron chi connectivity index (χ0n) is 16.2. The van der Waals surface area contributed by atoms with Gasteiger partial charge in [-0.05, 0) is 49.4 Å². The van der Waals surface area contributed by atoms with Crippen LogP contribution in [0.5, 0.6) is 5.75 Å². The lowest BCUT2D eigenvalue weighted by Crippen LogP contribution is -2.44. The quantitative estimate of drug-likeness (QED) is 0.838. The van der Waals surface area contributed by atoms with E-state index in [9.17, 15) is 9.59 Å². The van der Waals surface area contributed by atoms with Crippen molar-refractivity contribution in [2.75, 3.05) is 17.7 Å². The van der Waals surface area contributed by atoms with E-state index in [0.717, 1.165) is 41.1 Å². The Labute approximate surface area is 164 Å². The molecule has 2 atom stereocenters. The Morgan fingerprint density at radius 3 is 2.86 bits per heavy atom. The van der Waals surface area contributed by atoms with Crippen molar-refractivity contribution in [3.05, 3.63) is 53.6 Å². The van der Waals surface area contributed by atoms with Crippen LogP contribution in [0.2, 0.25) is 0 Å². The third-order valence-corrected chi connectivity index (χ3v) is 5.75. The highest BCUT2D eigenvalue weighted by molar-refractivity contribution is 5.94. The van der Waals surface area contributed by atoms with Gasteiger partial charge in [-0.25, -0.2) is 4.79 Å². The fourth-order valence-corrected chi connectivity index (χ4v) is 4.14. The van der Waals surface area contributed by atoms with Gasteiger partial charge in [0.25, 0.3) is 0 Å². The topological polar surface area (TPSA) is 70.7 Å². The number of rotatable bonds is 4. The number of urea groups is 1. The molecule has 146 valence electrons. The number of benzene rings is 2. The van der Waals surface area contributed by atoms with Gasteiger partial charge in [-0.1, -0.05) is 24.3 Å². The summed E-state index contributed by atoms with van der Waals surface area (Å²) >= 11 is 0. The number of ether oxygens (including phenoxy) is 1. The zero-order valence-corrected chi connectivity index (χ0v) is 16.2. The molecule has 2 aromatic carbocycles. The van der Waals surface area contributed by atoms with Crippen molar-refractivity contribution in [3.63, 3.8) is 0 Å². The first kappa shape index (κ1) is 18.3. The van der Waals surface area contributed by atoms with E-state index in [2.05, 4.69) is 10.6 Å². The van der Waals surface area contributed by atoms with Crippen LogP contribution in [0.1, 0.15) is 30.4 Å². The number of fused-ring (bicyclic) bond motifs is 1. The van der Waals surface area contributed by atoms with E-state index in [1.807, 2.05) is 54.3 Å². The largest absolute Gasteiger partial charge is 0.496 e. The number of carbonyl (C=O) groups is 2. The van der Waals surface area contributed by atoms with E-state index in [0.29, 0.717) is 13.0 Å². The summed E-state index contributed by atoms with van der Waals surface area (Å²) in [5.41, 5.74) is 3.75. The molecular formula is C22H25N3O3. The molecule has 2 N–H and O–H groups in total. The Kier molecular flexibility index (Phi) is 4.94. The molecule has 6 heteroatoms. The van der Waals surface area contributed by atoms with Crippen molar-refractivity contribution in [1.82, 2.24) is 4.90 Å². The first-order valence-electron chi connectivity index (χ1n) is 9.66. The SMILES string of the molecule is COc1cc(NC(=O)[C@@H]2CC[C@H](N3Cc4ccccc4NC3=O)C2)ccc1C. The number of para-hydroxylation sites is 1. The van der Waals surface area contributed by atoms with Gasteiger partial charge in [0.15, 0.2) is 0 Å². The van der Waals surface area contributed by atoms with E-state index in [1.165, 1.54) is 0 Å². The van der Waals surface area contributed by atoms with Crippen LogP contribution >= 0.6 is 0 Å². The smallest absolute Gasteiger partial charge is 0.322 e. The van der Waals surface area contributed by atoms with Crippen LogP contribution in [0.3, 0.4) is 0 Å². The van der Waals surface area contributed by atoms with Gasteiger partial charge in [-0.15, -0.1) is 0 Å². The first-order valence-corrected chi connectivity index (χ1v) is 9.66. The second-order valence-electron chi connectivity index (χ2n) is 7.55. The van der Waals surface area contributed by atoms with Crippen LogP contribution in [0.4, 0.5) is 16.2 Å². The second kappa shape index (κ2) is 7.54. The third kappa shape index (κ3) is 3.54. The molecule has 0 bridgehead atoms.